The van der Waals surface area contributed by atoms with E-state index < -0.39 is 0 Å². The van der Waals surface area contributed by atoms with Crippen LogP contribution in [0.15, 0.2) is 6.07 Å². The van der Waals surface area contributed by atoms with Gasteiger partial charge in [-0.05, 0) is 31.0 Å². The van der Waals surface area contributed by atoms with Crippen molar-refractivity contribution in [1.29, 1.82) is 0 Å². The Morgan fingerprint density at radius 1 is 1.33 bits per heavy atom. The number of aryl methyl sites for hydroxylation is 2. The molecule has 0 atom stereocenters. The first-order valence-corrected chi connectivity index (χ1v) is 3.94. The number of nitrogens with zero attached hydrogens (tertiary/aromatic N) is 1. The number of hydrogen-bond acceptors (Lipinski definition) is 2. The average Bonchev–Trinajstić information content (AvgIpc) is 2.34. The summed E-state index contributed by atoms with van der Waals surface area (Å²) in [6.07, 6.45) is 0. The van der Waals surface area contributed by atoms with Gasteiger partial charge in [-0.1, -0.05) is 0 Å². The largest absolute Gasteiger partial charge is 0.307 e. The maximum Gasteiger partial charge on any atom is 0.0592 e. The monoisotopic (exact) mass is 184 g/mol. The van der Waals surface area contributed by atoms with Gasteiger partial charge in [-0.15, -0.1) is 12.4 Å². The molecule has 0 saturated carbocycles. The fourth-order valence-electron chi connectivity index (χ4n) is 1.63. The second kappa shape index (κ2) is 3.42. The van der Waals surface area contributed by atoms with E-state index in [1.165, 1.54) is 16.8 Å². The Kier molecular flexibility index (Phi) is 2.70. The number of rotatable bonds is 0. The van der Waals surface area contributed by atoms with Crippen LogP contribution >= 0.6 is 12.4 Å². The molecule has 0 aromatic carbocycles. The highest BCUT2D eigenvalue weighted by Crippen LogP contribution is 2.17. The van der Waals surface area contributed by atoms with Crippen molar-refractivity contribution < 1.29 is 0 Å². The Bertz CT molecular complexity index is 297. The smallest absolute Gasteiger partial charge is 0.0592 e. The predicted octanol–water partition coefficient (Wildman–Crippen LogP) is 1.72. The van der Waals surface area contributed by atoms with Crippen LogP contribution in [0.1, 0.15) is 22.5 Å². The molecule has 0 unspecified atom stereocenters. The van der Waals surface area contributed by atoms with Crippen molar-refractivity contribution in [3.8, 4) is 0 Å². The molecule has 0 aliphatic carbocycles. The van der Waals surface area contributed by atoms with Crippen molar-refractivity contribution in [1.82, 2.24) is 10.3 Å². The number of fused-ring (bicyclic) bond motifs is 1. The van der Waals surface area contributed by atoms with Gasteiger partial charge in [-0.25, -0.2) is 0 Å². The normalized spacial score (nSPS) is 13.8. The second-order valence-electron chi connectivity index (χ2n) is 3.11. The average molecular weight is 185 g/mol. The van der Waals surface area contributed by atoms with Gasteiger partial charge in [0, 0.05) is 18.8 Å². The van der Waals surface area contributed by atoms with Gasteiger partial charge in [0.1, 0.15) is 0 Å². The zero-order valence-electron chi connectivity index (χ0n) is 7.35. The maximum absolute atomic E-state index is 4.45. The molecule has 66 valence electrons. The van der Waals surface area contributed by atoms with Crippen LogP contribution in [0.4, 0.5) is 0 Å². The van der Waals surface area contributed by atoms with Gasteiger partial charge in [0.25, 0.3) is 0 Å². The molecule has 2 heterocycles. The lowest BCUT2D eigenvalue weighted by Crippen LogP contribution is -2.00. The minimum absolute atomic E-state index is 0. The molecule has 0 bridgehead atoms. The van der Waals surface area contributed by atoms with Crippen molar-refractivity contribution >= 4 is 12.4 Å². The fourth-order valence-corrected chi connectivity index (χ4v) is 1.63. The summed E-state index contributed by atoms with van der Waals surface area (Å²) >= 11 is 0. The van der Waals surface area contributed by atoms with Gasteiger partial charge in [-0.2, -0.15) is 0 Å². The van der Waals surface area contributed by atoms with Crippen LogP contribution in [0.2, 0.25) is 0 Å². The summed E-state index contributed by atoms with van der Waals surface area (Å²) in [6.45, 7) is 6.14. The summed E-state index contributed by atoms with van der Waals surface area (Å²) in [6, 6.07) is 2.14. The number of nitrogens with one attached hydrogen (secondary N) is 1. The van der Waals surface area contributed by atoms with Crippen LogP contribution in [0, 0.1) is 13.8 Å². The number of pyridine rings is 1. The van der Waals surface area contributed by atoms with Crippen molar-refractivity contribution in [2.24, 2.45) is 0 Å². The molecule has 1 N–H and O–H groups in total. The Morgan fingerprint density at radius 3 is 2.83 bits per heavy atom. The van der Waals surface area contributed by atoms with Crippen LogP contribution in [-0.4, -0.2) is 4.98 Å². The Labute approximate surface area is 78.8 Å². The van der Waals surface area contributed by atoms with Crippen molar-refractivity contribution in [2.45, 2.75) is 26.9 Å². The first-order valence-electron chi connectivity index (χ1n) is 3.94. The highest BCUT2D eigenvalue weighted by atomic mass is 35.5. The summed E-state index contributed by atoms with van der Waals surface area (Å²) < 4.78 is 0. The first-order chi connectivity index (χ1) is 5.27. The van der Waals surface area contributed by atoms with Crippen LogP contribution in [0.25, 0.3) is 0 Å². The van der Waals surface area contributed by atoms with Gasteiger partial charge in [-0.3, -0.25) is 4.98 Å². The lowest BCUT2D eigenvalue weighted by Gasteiger charge is -2.02. The zero-order valence-corrected chi connectivity index (χ0v) is 8.16. The third kappa shape index (κ3) is 1.45. The van der Waals surface area contributed by atoms with Crippen LogP contribution in [0.5, 0.6) is 0 Å². The standard InChI is InChI=1S/C9H12N2.ClH/c1-6-3-7(2)11-9-5-10-4-8(6)9;/h3,10H,4-5H2,1-2H3;1H. The van der Waals surface area contributed by atoms with E-state index in [1.807, 2.05) is 6.92 Å². The van der Waals surface area contributed by atoms with Gasteiger partial charge in [0.15, 0.2) is 0 Å². The summed E-state index contributed by atoms with van der Waals surface area (Å²) in [4.78, 5) is 4.45. The lowest BCUT2D eigenvalue weighted by atomic mass is 10.1. The third-order valence-corrected chi connectivity index (χ3v) is 2.16. The molecular weight excluding hydrogens is 172 g/mol. The molecule has 1 aromatic rings. The van der Waals surface area contributed by atoms with E-state index in [4.69, 9.17) is 0 Å². The van der Waals surface area contributed by atoms with E-state index in [2.05, 4.69) is 23.3 Å². The fraction of sp³-hybridized carbons (Fsp3) is 0.444. The summed E-state index contributed by atoms with van der Waals surface area (Å²) in [5, 5.41) is 3.29. The first kappa shape index (κ1) is 9.49. The number of aromatic nitrogens is 1. The van der Waals surface area contributed by atoms with E-state index in [9.17, 15) is 0 Å². The SMILES string of the molecule is Cc1cc(C)c2c(n1)CNC2.Cl. The maximum atomic E-state index is 4.45. The third-order valence-electron chi connectivity index (χ3n) is 2.16. The lowest BCUT2D eigenvalue weighted by molar-refractivity contribution is 0.756. The Hall–Kier alpha value is -0.600. The Balaban J connectivity index is 0.000000720. The van der Waals surface area contributed by atoms with Crippen LogP contribution in [-0.2, 0) is 13.1 Å². The van der Waals surface area contributed by atoms with E-state index in [1.54, 1.807) is 0 Å². The van der Waals surface area contributed by atoms with Gasteiger partial charge in [0.2, 0.25) is 0 Å². The Morgan fingerprint density at radius 2 is 2.08 bits per heavy atom. The highest BCUT2D eigenvalue weighted by Gasteiger charge is 2.13. The van der Waals surface area contributed by atoms with Crippen LogP contribution < -0.4 is 5.32 Å². The molecule has 0 amide bonds. The van der Waals surface area contributed by atoms with E-state index in [0.717, 1.165) is 18.8 Å². The number of hydrogen-bond donors (Lipinski definition) is 1. The summed E-state index contributed by atoms with van der Waals surface area (Å²) in [5.74, 6) is 0. The van der Waals surface area contributed by atoms with Gasteiger partial charge < -0.3 is 5.32 Å². The molecule has 2 nitrogen and oxygen atoms in total. The van der Waals surface area contributed by atoms with Gasteiger partial charge >= 0.3 is 0 Å². The van der Waals surface area contributed by atoms with E-state index in [0.29, 0.717) is 0 Å². The molecule has 12 heavy (non-hydrogen) atoms. The zero-order chi connectivity index (χ0) is 7.84. The molecular formula is C9H13ClN2. The molecule has 0 radical (unpaired) electrons. The topological polar surface area (TPSA) is 24.9 Å². The molecule has 1 aliphatic rings. The van der Waals surface area contributed by atoms with E-state index in [-0.39, 0.29) is 12.4 Å². The molecule has 1 aliphatic heterocycles. The highest BCUT2D eigenvalue weighted by molar-refractivity contribution is 5.85. The van der Waals surface area contributed by atoms with Gasteiger partial charge in [0.05, 0.1) is 5.69 Å². The van der Waals surface area contributed by atoms with Crippen molar-refractivity contribution in [2.75, 3.05) is 0 Å². The molecule has 3 heteroatoms. The van der Waals surface area contributed by atoms with Crippen molar-refractivity contribution in [3.63, 3.8) is 0 Å². The summed E-state index contributed by atoms with van der Waals surface area (Å²) in [5.41, 5.74) is 5.14. The van der Waals surface area contributed by atoms with E-state index >= 15 is 0 Å². The minimum atomic E-state index is 0. The summed E-state index contributed by atoms with van der Waals surface area (Å²) in [7, 11) is 0. The molecule has 0 fully saturated rings. The molecule has 0 saturated heterocycles. The van der Waals surface area contributed by atoms with Crippen LogP contribution in [0.3, 0.4) is 0 Å². The second-order valence-corrected chi connectivity index (χ2v) is 3.11. The van der Waals surface area contributed by atoms with Crippen molar-refractivity contribution in [3.05, 3.63) is 28.6 Å². The number of halogens is 1. The predicted molar refractivity (Wildman–Crippen MR) is 51.5 cm³/mol. The molecule has 2 rings (SSSR count). The quantitative estimate of drug-likeness (QED) is 0.664. The minimum Gasteiger partial charge on any atom is -0.307 e. The molecule has 0 spiro atoms. The molecule has 1 aromatic heterocycles.